The molecule has 2 fully saturated rings. The number of aliphatic hydroxyl groups is 7. The molecule has 44 heavy (non-hydrogen) atoms. The lowest BCUT2D eigenvalue weighted by atomic mass is 9.89. The molecule has 16 heteroatoms. The molecule has 2 aliphatic rings. The molecule has 0 amide bonds. The average molecular weight is 625 g/mol. The van der Waals surface area contributed by atoms with Gasteiger partial charge < -0.3 is 74.4 Å². The topological polar surface area (TPSA) is 269 Å². The monoisotopic (exact) mass is 624 g/mol. The molecule has 0 bridgehead atoms. The van der Waals surface area contributed by atoms with Crippen LogP contribution >= 0.6 is 0 Å². The first kappa shape index (κ1) is 31.9. The van der Waals surface area contributed by atoms with E-state index in [1.54, 1.807) is 0 Å². The zero-order chi connectivity index (χ0) is 32.0. The number of phenolic OH excluding ortho intramolecular Hbond substituents is 3. The van der Waals surface area contributed by atoms with Gasteiger partial charge in [0.1, 0.15) is 83.2 Å². The lowest BCUT2D eigenvalue weighted by molar-refractivity contribution is -0.342. The minimum Gasteiger partial charge on any atom is -0.506 e. The molecule has 5 rings (SSSR count). The Balaban J connectivity index is 1.62. The van der Waals surface area contributed by atoms with Crippen LogP contribution in [0.15, 0.2) is 39.5 Å². The average Bonchev–Trinajstić information content (AvgIpc) is 3.00. The van der Waals surface area contributed by atoms with Crippen LogP contribution in [0.25, 0.3) is 22.3 Å². The van der Waals surface area contributed by atoms with E-state index in [2.05, 4.69) is 0 Å². The normalized spacial score (nSPS) is 32.5. The van der Waals surface area contributed by atoms with Crippen molar-refractivity contribution in [3.05, 3.63) is 46.1 Å². The van der Waals surface area contributed by atoms with Gasteiger partial charge in [0, 0.05) is 17.7 Å². The maximum absolute atomic E-state index is 13.3. The maximum atomic E-state index is 13.3. The van der Waals surface area contributed by atoms with Gasteiger partial charge in [-0.1, -0.05) is 0 Å². The zero-order valence-electron chi connectivity index (χ0n) is 23.0. The number of ether oxygens (including phenoxy) is 4. The Morgan fingerprint density at radius 3 is 2.09 bits per heavy atom. The molecule has 2 saturated heterocycles. The van der Waals surface area contributed by atoms with Crippen LogP contribution in [-0.2, 0) is 14.2 Å². The summed E-state index contributed by atoms with van der Waals surface area (Å²) in [6.45, 7) is -1.59. The smallest absolute Gasteiger partial charge is 0.197 e. The second kappa shape index (κ2) is 12.4. The van der Waals surface area contributed by atoms with Gasteiger partial charge >= 0.3 is 0 Å². The Morgan fingerprint density at radius 2 is 1.45 bits per heavy atom. The van der Waals surface area contributed by atoms with E-state index in [9.17, 15) is 55.9 Å². The third-order valence-corrected chi connectivity index (χ3v) is 7.77. The number of benzene rings is 2. The minimum atomic E-state index is -1.91. The summed E-state index contributed by atoms with van der Waals surface area (Å²) in [5.41, 5.74) is -1.02. The molecule has 10 atom stereocenters. The summed E-state index contributed by atoms with van der Waals surface area (Å²) >= 11 is 0. The van der Waals surface area contributed by atoms with Crippen molar-refractivity contribution in [1.82, 2.24) is 0 Å². The van der Waals surface area contributed by atoms with E-state index < -0.39 is 97.1 Å². The fraction of sp³-hybridized carbons (Fsp3) is 0.464. The van der Waals surface area contributed by atoms with Crippen molar-refractivity contribution in [3.63, 3.8) is 0 Å². The highest BCUT2D eigenvalue weighted by Crippen LogP contribution is 2.46. The second-order valence-electron chi connectivity index (χ2n) is 10.4. The molecule has 0 saturated carbocycles. The number of hydrogen-bond acceptors (Lipinski definition) is 16. The first-order valence-electron chi connectivity index (χ1n) is 13.4. The van der Waals surface area contributed by atoms with Gasteiger partial charge in [-0.2, -0.15) is 0 Å². The highest BCUT2D eigenvalue weighted by atomic mass is 16.7. The quantitative estimate of drug-likeness (QED) is 0.126. The van der Waals surface area contributed by atoms with Crippen molar-refractivity contribution >= 4 is 11.0 Å². The molecule has 10 N–H and O–H groups in total. The molecule has 16 nitrogen and oxygen atoms in total. The van der Waals surface area contributed by atoms with Crippen molar-refractivity contribution in [3.8, 4) is 34.3 Å². The molecule has 2 aromatic carbocycles. The van der Waals surface area contributed by atoms with Gasteiger partial charge in [-0.15, -0.1) is 0 Å². The Labute approximate surface area is 247 Å². The van der Waals surface area contributed by atoms with Crippen LogP contribution in [0.2, 0.25) is 0 Å². The molecule has 0 unspecified atom stereocenters. The van der Waals surface area contributed by atoms with Crippen LogP contribution in [-0.4, -0.2) is 127 Å². The molecule has 1 aromatic heterocycles. The van der Waals surface area contributed by atoms with Crippen molar-refractivity contribution in [1.29, 1.82) is 0 Å². The standard InChI is InChI=1S/C28H32O16/c1-40-14-6-15-18(12(33)5-13(41-15)9-2-3-10(31)11(32)4-9)22(36)19(14)26-27(24(38)21(35)16(7-29)42-26)44-28-25(39)23(37)20(34)17(8-30)43-28/h2-6,16-17,20-21,23-32,34-39H,7-8H2,1H3/t16-,17+,20+,21+,23-,24-,25-,26-,27+,28-/m0/s1. The Hall–Kier alpha value is -3.55. The van der Waals surface area contributed by atoms with Crippen LogP contribution in [0.3, 0.4) is 0 Å². The van der Waals surface area contributed by atoms with Gasteiger partial charge in [-0.25, -0.2) is 0 Å². The first-order chi connectivity index (χ1) is 20.9. The van der Waals surface area contributed by atoms with Crippen molar-refractivity contribution in [2.45, 2.75) is 61.2 Å². The Kier molecular flexibility index (Phi) is 9.01. The summed E-state index contributed by atoms with van der Waals surface area (Å²) in [5, 5.41) is 102. The van der Waals surface area contributed by atoms with Gasteiger partial charge in [0.25, 0.3) is 0 Å². The van der Waals surface area contributed by atoms with Crippen molar-refractivity contribution in [2.75, 3.05) is 20.3 Å². The van der Waals surface area contributed by atoms with Gasteiger partial charge in [0.15, 0.2) is 23.2 Å². The number of fused-ring (bicyclic) bond motifs is 1. The van der Waals surface area contributed by atoms with Crippen LogP contribution in [0.4, 0.5) is 0 Å². The van der Waals surface area contributed by atoms with Crippen LogP contribution in [0.1, 0.15) is 11.7 Å². The summed E-state index contributed by atoms with van der Waals surface area (Å²) in [6, 6.07) is 5.95. The summed E-state index contributed by atoms with van der Waals surface area (Å²) in [5.74, 6) is -1.83. The number of phenols is 3. The maximum Gasteiger partial charge on any atom is 0.197 e. The first-order valence-corrected chi connectivity index (χ1v) is 13.4. The molecule has 0 spiro atoms. The zero-order valence-corrected chi connectivity index (χ0v) is 23.0. The molecule has 240 valence electrons. The van der Waals surface area contributed by atoms with Gasteiger partial charge in [-0.3, -0.25) is 4.79 Å². The molecule has 3 aromatic rings. The van der Waals surface area contributed by atoms with Crippen LogP contribution in [0, 0.1) is 0 Å². The van der Waals surface area contributed by atoms with Crippen molar-refractivity contribution < 1.29 is 74.4 Å². The summed E-state index contributed by atoms with van der Waals surface area (Å²) in [7, 11) is 1.20. The molecule has 3 heterocycles. The Morgan fingerprint density at radius 1 is 0.795 bits per heavy atom. The molecular formula is C28H32O16. The Bertz CT molecular complexity index is 1550. The predicted octanol–water partition coefficient (Wildman–Crippen LogP) is -2.08. The van der Waals surface area contributed by atoms with E-state index in [0.717, 1.165) is 12.1 Å². The van der Waals surface area contributed by atoms with Crippen LogP contribution in [0.5, 0.6) is 23.0 Å². The van der Waals surface area contributed by atoms with E-state index >= 15 is 0 Å². The number of aliphatic hydroxyl groups excluding tert-OH is 7. The highest BCUT2D eigenvalue weighted by Gasteiger charge is 2.52. The van der Waals surface area contributed by atoms with Gasteiger partial charge in [-0.05, 0) is 18.2 Å². The molecular weight excluding hydrogens is 592 g/mol. The third-order valence-electron chi connectivity index (χ3n) is 7.77. The van der Waals surface area contributed by atoms with E-state index in [1.165, 1.54) is 25.3 Å². The largest absolute Gasteiger partial charge is 0.506 e. The lowest BCUT2D eigenvalue weighted by Crippen LogP contribution is -2.62. The fourth-order valence-electron chi connectivity index (χ4n) is 5.37. The molecule has 2 aliphatic heterocycles. The SMILES string of the molecule is COc1cc2oc(-c3ccc(O)c(O)c3)cc(=O)c2c(O)c1[C@@H]1O[C@@H](CO)[C@@H](O)[C@H](O)[C@H]1O[C@@H]1O[C@H](CO)[C@@H](O)[C@H](O)[C@@H]1O. The summed E-state index contributed by atoms with van der Waals surface area (Å²) in [6.07, 6.45) is -17.1. The lowest BCUT2D eigenvalue weighted by Gasteiger charge is -2.46. The van der Waals surface area contributed by atoms with Gasteiger partial charge in [0.2, 0.25) is 0 Å². The summed E-state index contributed by atoms with van der Waals surface area (Å²) < 4.78 is 28.2. The molecule has 0 radical (unpaired) electrons. The third kappa shape index (κ3) is 5.45. The number of rotatable bonds is 7. The number of methoxy groups -OCH3 is 1. The number of hydrogen-bond donors (Lipinski definition) is 10. The molecule has 0 aliphatic carbocycles. The summed E-state index contributed by atoms with van der Waals surface area (Å²) in [4.78, 5) is 13.3. The van der Waals surface area contributed by atoms with E-state index in [4.69, 9.17) is 23.4 Å². The highest BCUT2D eigenvalue weighted by molar-refractivity contribution is 5.88. The van der Waals surface area contributed by atoms with E-state index in [0.29, 0.717) is 0 Å². The minimum absolute atomic E-state index is 0.0383. The van der Waals surface area contributed by atoms with Gasteiger partial charge in [0.05, 0.1) is 25.9 Å². The predicted molar refractivity (Wildman–Crippen MR) is 145 cm³/mol. The van der Waals surface area contributed by atoms with Crippen molar-refractivity contribution in [2.24, 2.45) is 0 Å². The second-order valence-corrected chi connectivity index (χ2v) is 10.4. The van der Waals surface area contributed by atoms with E-state index in [1.807, 2.05) is 0 Å². The number of aromatic hydroxyl groups is 3. The van der Waals surface area contributed by atoms with E-state index in [-0.39, 0.29) is 33.6 Å². The fourth-order valence-corrected chi connectivity index (χ4v) is 5.37. The van der Waals surface area contributed by atoms with Crippen LogP contribution < -0.4 is 10.2 Å².